The average Bonchev–Trinajstić information content (AvgIpc) is 2.38. The first-order chi connectivity index (χ1) is 5.66. The van der Waals surface area contributed by atoms with E-state index in [0.29, 0.717) is 16.7 Å². The quantitative estimate of drug-likeness (QED) is 0.734. The maximum absolute atomic E-state index is 5.01. The van der Waals surface area contributed by atoms with Crippen LogP contribution in [0.5, 0.6) is 0 Å². The molecule has 0 saturated carbocycles. The highest BCUT2D eigenvalue weighted by Crippen LogP contribution is 2.19. The minimum absolute atomic E-state index is 0.382. The molecule has 0 spiro atoms. The van der Waals surface area contributed by atoms with E-state index in [9.17, 15) is 0 Å². The average molecular weight is 186 g/mol. The Morgan fingerprint density at radius 3 is 2.58 bits per heavy atom. The highest BCUT2D eigenvalue weighted by atomic mass is 32.1. The summed E-state index contributed by atoms with van der Waals surface area (Å²) < 4.78 is 2.38. The van der Waals surface area contributed by atoms with Gasteiger partial charge in [-0.15, -0.1) is 0 Å². The molecule has 1 aromatic rings. The third kappa shape index (κ3) is 1.72. The maximum Gasteiger partial charge on any atom is 0.238 e. The zero-order valence-corrected chi connectivity index (χ0v) is 8.43. The lowest BCUT2D eigenvalue weighted by molar-refractivity contribution is 0.327. The minimum atomic E-state index is 0.382. The Kier molecular flexibility index (Phi) is 2.97. The van der Waals surface area contributed by atoms with Crippen molar-refractivity contribution in [3.63, 3.8) is 0 Å². The molecule has 1 N–H and O–H groups in total. The second-order valence-corrected chi connectivity index (χ2v) is 3.54. The minimum Gasteiger partial charge on any atom is -0.239 e. The van der Waals surface area contributed by atoms with Gasteiger partial charge in [0.2, 0.25) is 4.77 Å². The monoisotopic (exact) mass is 186 g/mol. The lowest BCUT2D eigenvalue weighted by Gasteiger charge is -2.18. The maximum atomic E-state index is 5.01. The van der Waals surface area contributed by atoms with Gasteiger partial charge in [0.05, 0.1) is 6.04 Å². The number of hydrogen-bond donors (Lipinski definition) is 1. The molecule has 0 aliphatic carbocycles. The van der Waals surface area contributed by atoms with Gasteiger partial charge in [-0.05, 0) is 24.6 Å². The van der Waals surface area contributed by atoms with Crippen LogP contribution in [0.1, 0.15) is 33.2 Å². The van der Waals surface area contributed by atoms with Crippen molar-refractivity contribution in [2.75, 3.05) is 0 Å². The molecule has 0 fully saturated rings. The molecule has 0 saturated heterocycles. The largest absolute Gasteiger partial charge is 0.239 e. The molecule has 0 aliphatic rings. The number of tetrazole rings is 1. The van der Waals surface area contributed by atoms with Crippen molar-refractivity contribution in [3.05, 3.63) is 4.77 Å². The van der Waals surface area contributed by atoms with Gasteiger partial charge in [-0.3, -0.25) is 0 Å². The van der Waals surface area contributed by atoms with Gasteiger partial charge in [-0.25, -0.2) is 4.68 Å². The fourth-order valence-corrected chi connectivity index (χ4v) is 1.59. The zero-order valence-electron chi connectivity index (χ0n) is 7.61. The van der Waals surface area contributed by atoms with Crippen LogP contribution in [-0.2, 0) is 0 Å². The lowest BCUT2D eigenvalue weighted by Crippen LogP contribution is -2.15. The first kappa shape index (κ1) is 9.38. The Balaban J connectivity index is 2.95. The summed E-state index contributed by atoms with van der Waals surface area (Å²) in [6, 6.07) is 0.382. The van der Waals surface area contributed by atoms with Gasteiger partial charge in [0.15, 0.2) is 0 Å². The van der Waals surface area contributed by atoms with Crippen molar-refractivity contribution in [1.29, 1.82) is 0 Å². The highest BCUT2D eigenvalue weighted by Gasteiger charge is 2.14. The summed E-state index contributed by atoms with van der Waals surface area (Å²) in [4.78, 5) is 0. The molecule has 1 aromatic heterocycles. The van der Waals surface area contributed by atoms with Crippen LogP contribution in [0.2, 0.25) is 0 Å². The number of nitrogens with one attached hydrogen (secondary N) is 1. The molecule has 4 nitrogen and oxygen atoms in total. The fraction of sp³-hybridized carbons (Fsp3) is 0.857. The van der Waals surface area contributed by atoms with Crippen LogP contribution in [-0.4, -0.2) is 20.2 Å². The summed E-state index contributed by atoms with van der Waals surface area (Å²) in [6.07, 6.45) is 1.04. The summed E-state index contributed by atoms with van der Waals surface area (Å²) in [7, 11) is 0. The van der Waals surface area contributed by atoms with E-state index in [1.807, 2.05) is 4.68 Å². The van der Waals surface area contributed by atoms with Crippen molar-refractivity contribution in [2.45, 2.75) is 33.2 Å². The predicted octanol–water partition coefficient (Wildman–Crippen LogP) is 1.94. The van der Waals surface area contributed by atoms with Crippen LogP contribution >= 0.6 is 12.2 Å². The van der Waals surface area contributed by atoms with Crippen LogP contribution in [0.4, 0.5) is 0 Å². The SMILES string of the molecule is CCC(C(C)C)n1[nH]nnc1=S. The number of nitrogens with zero attached hydrogens (tertiary/aromatic N) is 3. The summed E-state index contributed by atoms with van der Waals surface area (Å²) in [5.74, 6) is 0.545. The number of aromatic nitrogens is 4. The lowest BCUT2D eigenvalue weighted by atomic mass is 10.0. The van der Waals surface area contributed by atoms with E-state index in [1.54, 1.807) is 0 Å². The number of aromatic amines is 1. The smallest absolute Gasteiger partial charge is 0.238 e. The summed E-state index contributed by atoms with van der Waals surface area (Å²) >= 11 is 5.01. The number of rotatable bonds is 3. The molecule has 12 heavy (non-hydrogen) atoms. The summed E-state index contributed by atoms with van der Waals surface area (Å²) in [5, 5.41) is 10.2. The van der Waals surface area contributed by atoms with Crippen LogP contribution in [0.25, 0.3) is 0 Å². The molecule has 1 unspecified atom stereocenters. The molecule has 0 bridgehead atoms. The highest BCUT2D eigenvalue weighted by molar-refractivity contribution is 7.71. The normalized spacial score (nSPS) is 13.7. The van der Waals surface area contributed by atoms with E-state index < -0.39 is 0 Å². The predicted molar refractivity (Wildman–Crippen MR) is 49.4 cm³/mol. The van der Waals surface area contributed by atoms with E-state index in [4.69, 9.17) is 12.2 Å². The molecule has 1 atom stereocenters. The second kappa shape index (κ2) is 3.80. The van der Waals surface area contributed by atoms with E-state index in [1.165, 1.54) is 0 Å². The van der Waals surface area contributed by atoms with Crippen LogP contribution in [0, 0.1) is 10.7 Å². The van der Waals surface area contributed by atoms with Crippen molar-refractivity contribution in [2.24, 2.45) is 5.92 Å². The molecule has 0 aliphatic heterocycles. The van der Waals surface area contributed by atoms with Crippen molar-refractivity contribution >= 4 is 12.2 Å². The molecule has 1 rings (SSSR count). The van der Waals surface area contributed by atoms with Gasteiger partial charge in [-0.2, -0.15) is 5.21 Å². The third-order valence-corrected chi connectivity index (χ3v) is 2.29. The van der Waals surface area contributed by atoms with Gasteiger partial charge < -0.3 is 0 Å². The topological polar surface area (TPSA) is 46.5 Å². The molecule has 68 valence electrons. The van der Waals surface area contributed by atoms with Crippen molar-refractivity contribution < 1.29 is 0 Å². The first-order valence-corrected chi connectivity index (χ1v) is 4.57. The zero-order chi connectivity index (χ0) is 9.14. The van der Waals surface area contributed by atoms with E-state index in [-0.39, 0.29) is 0 Å². The molecule has 0 aromatic carbocycles. The molecule has 0 amide bonds. The van der Waals surface area contributed by atoms with Crippen LogP contribution in [0.3, 0.4) is 0 Å². The van der Waals surface area contributed by atoms with Gasteiger partial charge in [0.25, 0.3) is 0 Å². The molecule has 1 heterocycles. The Labute approximate surface area is 77.0 Å². The fourth-order valence-electron chi connectivity index (χ4n) is 1.37. The number of H-pyrrole nitrogens is 1. The van der Waals surface area contributed by atoms with Crippen molar-refractivity contribution in [1.82, 2.24) is 20.2 Å². The van der Waals surface area contributed by atoms with Gasteiger partial charge in [0.1, 0.15) is 0 Å². The Morgan fingerprint density at radius 2 is 2.25 bits per heavy atom. The van der Waals surface area contributed by atoms with E-state index in [0.717, 1.165) is 6.42 Å². The third-order valence-electron chi connectivity index (χ3n) is 2.01. The standard InChI is InChI=1S/C7H14N4S/c1-4-6(5(2)3)11-7(12)8-9-10-11/h5-6H,4H2,1-3H3,(H,8,10,12). The molecule has 5 heteroatoms. The molecular weight excluding hydrogens is 172 g/mol. The molecule has 0 radical (unpaired) electrons. The van der Waals surface area contributed by atoms with Gasteiger partial charge in [0, 0.05) is 0 Å². The summed E-state index contributed by atoms with van der Waals surface area (Å²) in [5.41, 5.74) is 0. The Morgan fingerprint density at radius 1 is 1.58 bits per heavy atom. The number of hydrogen-bond acceptors (Lipinski definition) is 3. The first-order valence-electron chi connectivity index (χ1n) is 4.16. The van der Waals surface area contributed by atoms with E-state index >= 15 is 0 Å². The second-order valence-electron chi connectivity index (χ2n) is 3.17. The molecular formula is C7H14N4S. The van der Waals surface area contributed by atoms with Crippen molar-refractivity contribution in [3.8, 4) is 0 Å². The Hall–Kier alpha value is -0.710. The van der Waals surface area contributed by atoms with Crippen LogP contribution in [0.15, 0.2) is 0 Å². The van der Waals surface area contributed by atoms with Crippen LogP contribution < -0.4 is 0 Å². The van der Waals surface area contributed by atoms with Gasteiger partial charge >= 0.3 is 0 Å². The van der Waals surface area contributed by atoms with E-state index in [2.05, 4.69) is 36.3 Å². The van der Waals surface area contributed by atoms with Gasteiger partial charge in [-0.1, -0.05) is 31.1 Å². The summed E-state index contributed by atoms with van der Waals surface area (Å²) in [6.45, 7) is 6.46. The Bertz CT molecular complexity index is 288.